The SMILES string of the molecule is COC[C@H]1C[C@@H](C)CC[C@@H]1C(C)C. The number of methoxy groups -OCH3 is 1. The Bertz CT molecular complexity index is 142. The molecule has 0 unspecified atom stereocenters. The molecule has 0 spiro atoms. The first-order valence-electron chi connectivity index (χ1n) is 5.64. The molecule has 0 aliphatic heterocycles. The molecule has 1 saturated carbocycles. The van der Waals surface area contributed by atoms with E-state index in [1.54, 1.807) is 0 Å². The van der Waals surface area contributed by atoms with Gasteiger partial charge in [0.05, 0.1) is 0 Å². The molecular weight excluding hydrogens is 160 g/mol. The van der Waals surface area contributed by atoms with E-state index in [0.717, 1.165) is 30.3 Å². The van der Waals surface area contributed by atoms with Crippen molar-refractivity contribution in [2.24, 2.45) is 23.7 Å². The third-order valence-corrected chi connectivity index (χ3v) is 3.54. The van der Waals surface area contributed by atoms with Crippen LogP contribution >= 0.6 is 0 Å². The Hall–Kier alpha value is -0.0400. The highest BCUT2D eigenvalue weighted by molar-refractivity contribution is 4.80. The highest BCUT2D eigenvalue weighted by Crippen LogP contribution is 2.37. The standard InChI is InChI=1S/C12H24O/c1-9(2)12-6-5-10(3)7-11(12)8-13-4/h9-12H,5-8H2,1-4H3/t10-,11+,12+/m0/s1. The van der Waals surface area contributed by atoms with E-state index in [-0.39, 0.29) is 0 Å². The van der Waals surface area contributed by atoms with E-state index in [9.17, 15) is 0 Å². The molecular formula is C12H24O. The number of rotatable bonds is 3. The summed E-state index contributed by atoms with van der Waals surface area (Å²) in [4.78, 5) is 0. The van der Waals surface area contributed by atoms with Gasteiger partial charge in [0.2, 0.25) is 0 Å². The molecule has 1 rings (SSSR count). The van der Waals surface area contributed by atoms with E-state index < -0.39 is 0 Å². The summed E-state index contributed by atoms with van der Waals surface area (Å²) in [5.74, 6) is 3.45. The maximum absolute atomic E-state index is 5.31. The fourth-order valence-electron chi connectivity index (χ4n) is 2.81. The second-order valence-corrected chi connectivity index (χ2v) is 5.04. The van der Waals surface area contributed by atoms with Gasteiger partial charge in [0.15, 0.2) is 0 Å². The predicted molar refractivity (Wildman–Crippen MR) is 56.7 cm³/mol. The molecule has 3 atom stereocenters. The summed E-state index contributed by atoms with van der Waals surface area (Å²) in [5.41, 5.74) is 0. The third-order valence-electron chi connectivity index (χ3n) is 3.54. The summed E-state index contributed by atoms with van der Waals surface area (Å²) in [5, 5.41) is 0. The van der Waals surface area contributed by atoms with Crippen molar-refractivity contribution in [3.63, 3.8) is 0 Å². The van der Waals surface area contributed by atoms with Crippen molar-refractivity contribution in [3.05, 3.63) is 0 Å². The highest BCUT2D eigenvalue weighted by atomic mass is 16.5. The zero-order chi connectivity index (χ0) is 9.84. The van der Waals surface area contributed by atoms with Crippen LogP contribution in [0.15, 0.2) is 0 Å². The van der Waals surface area contributed by atoms with Crippen molar-refractivity contribution < 1.29 is 4.74 Å². The molecule has 0 radical (unpaired) electrons. The van der Waals surface area contributed by atoms with Gasteiger partial charge in [-0.1, -0.05) is 27.2 Å². The lowest BCUT2D eigenvalue weighted by Crippen LogP contribution is -2.30. The second-order valence-electron chi connectivity index (χ2n) is 5.04. The molecule has 13 heavy (non-hydrogen) atoms. The monoisotopic (exact) mass is 184 g/mol. The average molecular weight is 184 g/mol. The van der Waals surface area contributed by atoms with Crippen LogP contribution in [0.4, 0.5) is 0 Å². The van der Waals surface area contributed by atoms with Crippen LogP contribution < -0.4 is 0 Å². The largest absolute Gasteiger partial charge is 0.384 e. The molecule has 1 nitrogen and oxygen atoms in total. The molecule has 0 N–H and O–H groups in total. The molecule has 1 heteroatoms. The summed E-state index contributed by atoms with van der Waals surface area (Å²) in [6.07, 6.45) is 4.20. The molecule has 0 amide bonds. The first-order valence-corrected chi connectivity index (χ1v) is 5.64. The van der Waals surface area contributed by atoms with Crippen LogP contribution in [0.5, 0.6) is 0 Å². The van der Waals surface area contributed by atoms with Gasteiger partial charge < -0.3 is 4.74 Å². The van der Waals surface area contributed by atoms with Gasteiger partial charge in [-0.3, -0.25) is 0 Å². The summed E-state index contributed by atoms with van der Waals surface area (Å²) in [6, 6.07) is 0. The Balaban J connectivity index is 2.50. The molecule has 1 aliphatic rings. The van der Waals surface area contributed by atoms with Gasteiger partial charge in [0.1, 0.15) is 0 Å². The van der Waals surface area contributed by atoms with Crippen molar-refractivity contribution in [2.45, 2.75) is 40.0 Å². The topological polar surface area (TPSA) is 9.23 Å². The summed E-state index contributed by atoms with van der Waals surface area (Å²) in [6.45, 7) is 8.04. The zero-order valence-electron chi connectivity index (χ0n) is 9.55. The predicted octanol–water partition coefficient (Wildman–Crippen LogP) is 3.34. The summed E-state index contributed by atoms with van der Waals surface area (Å²) < 4.78 is 5.31. The highest BCUT2D eigenvalue weighted by Gasteiger charge is 2.30. The van der Waals surface area contributed by atoms with E-state index in [0.29, 0.717) is 0 Å². The van der Waals surface area contributed by atoms with E-state index in [1.165, 1.54) is 19.3 Å². The van der Waals surface area contributed by atoms with E-state index in [4.69, 9.17) is 4.74 Å². The molecule has 1 fully saturated rings. The first-order chi connectivity index (χ1) is 6.15. The molecule has 0 aromatic carbocycles. The van der Waals surface area contributed by atoms with Crippen molar-refractivity contribution in [1.82, 2.24) is 0 Å². The average Bonchev–Trinajstić information content (AvgIpc) is 2.04. The molecule has 1 aliphatic carbocycles. The Morgan fingerprint density at radius 1 is 1.31 bits per heavy atom. The van der Waals surface area contributed by atoms with Crippen molar-refractivity contribution >= 4 is 0 Å². The third kappa shape index (κ3) is 2.98. The van der Waals surface area contributed by atoms with Crippen LogP contribution in [-0.2, 0) is 4.74 Å². The zero-order valence-corrected chi connectivity index (χ0v) is 9.55. The van der Waals surface area contributed by atoms with Gasteiger partial charge >= 0.3 is 0 Å². The maximum Gasteiger partial charge on any atom is 0.0493 e. The maximum atomic E-state index is 5.31. The van der Waals surface area contributed by atoms with E-state index in [1.807, 2.05) is 7.11 Å². The summed E-state index contributed by atoms with van der Waals surface area (Å²) in [7, 11) is 1.83. The molecule has 0 aromatic heterocycles. The first kappa shape index (κ1) is 11.0. The Labute approximate surface area is 82.9 Å². The van der Waals surface area contributed by atoms with Crippen LogP contribution in [0.1, 0.15) is 40.0 Å². The van der Waals surface area contributed by atoms with Crippen LogP contribution in [-0.4, -0.2) is 13.7 Å². The van der Waals surface area contributed by atoms with Crippen LogP contribution in [0.25, 0.3) is 0 Å². The van der Waals surface area contributed by atoms with Crippen molar-refractivity contribution in [3.8, 4) is 0 Å². The van der Waals surface area contributed by atoms with Crippen LogP contribution in [0.2, 0.25) is 0 Å². The fraction of sp³-hybridized carbons (Fsp3) is 1.00. The molecule has 0 heterocycles. The minimum absolute atomic E-state index is 0.814. The minimum atomic E-state index is 0.814. The van der Waals surface area contributed by atoms with Crippen molar-refractivity contribution in [1.29, 1.82) is 0 Å². The fourth-order valence-corrected chi connectivity index (χ4v) is 2.81. The smallest absolute Gasteiger partial charge is 0.0493 e. The Morgan fingerprint density at radius 3 is 2.54 bits per heavy atom. The van der Waals surface area contributed by atoms with Gasteiger partial charge in [-0.2, -0.15) is 0 Å². The number of hydrogen-bond acceptors (Lipinski definition) is 1. The molecule has 0 aromatic rings. The van der Waals surface area contributed by atoms with Gasteiger partial charge in [-0.25, -0.2) is 0 Å². The Kier molecular flexibility index (Phi) is 4.24. The van der Waals surface area contributed by atoms with Crippen LogP contribution in [0, 0.1) is 23.7 Å². The lowest BCUT2D eigenvalue weighted by atomic mass is 9.70. The normalized spacial score (nSPS) is 35.3. The molecule has 0 saturated heterocycles. The molecule has 0 bridgehead atoms. The lowest BCUT2D eigenvalue weighted by molar-refractivity contribution is 0.0576. The van der Waals surface area contributed by atoms with Crippen molar-refractivity contribution in [2.75, 3.05) is 13.7 Å². The summed E-state index contributed by atoms with van der Waals surface area (Å²) >= 11 is 0. The number of ether oxygens (including phenoxy) is 1. The lowest BCUT2D eigenvalue weighted by Gasteiger charge is -2.36. The van der Waals surface area contributed by atoms with Gasteiger partial charge in [-0.05, 0) is 36.5 Å². The quantitative estimate of drug-likeness (QED) is 0.653. The van der Waals surface area contributed by atoms with Gasteiger partial charge in [-0.15, -0.1) is 0 Å². The Morgan fingerprint density at radius 2 is 2.00 bits per heavy atom. The van der Waals surface area contributed by atoms with E-state index in [2.05, 4.69) is 20.8 Å². The second kappa shape index (κ2) is 4.99. The molecule has 78 valence electrons. The van der Waals surface area contributed by atoms with Gasteiger partial charge in [0.25, 0.3) is 0 Å². The van der Waals surface area contributed by atoms with E-state index >= 15 is 0 Å². The number of hydrogen-bond donors (Lipinski definition) is 0. The van der Waals surface area contributed by atoms with Crippen LogP contribution in [0.3, 0.4) is 0 Å². The van der Waals surface area contributed by atoms with Gasteiger partial charge in [0, 0.05) is 13.7 Å². The minimum Gasteiger partial charge on any atom is -0.384 e.